The molecular weight excluding hydrogens is 236 g/mol. The van der Waals surface area contributed by atoms with E-state index < -0.39 is 0 Å². The zero-order chi connectivity index (χ0) is 13.4. The third-order valence-corrected chi connectivity index (χ3v) is 4.17. The van der Waals surface area contributed by atoms with Crippen LogP contribution in [-0.2, 0) is 0 Å². The van der Waals surface area contributed by atoms with Gasteiger partial charge < -0.3 is 10.3 Å². The Morgan fingerprint density at radius 1 is 1.26 bits per heavy atom. The first-order chi connectivity index (χ1) is 9.16. The molecule has 0 amide bonds. The van der Waals surface area contributed by atoms with Gasteiger partial charge in [-0.3, -0.25) is 4.98 Å². The van der Waals surface area contributed by atoms with Crippen molar-refractivity contribution in [2.24, 2.45) is 5.73 Å². The van der Waals surface area contributed by atoms with Gasteiger partial charge in [-0.2, -0.15) is 0 Å². The summed E-state index contributed by atoms with van der Waals surface area (Å²) in [5.41, 5.74) is 8.23. The molecular formula is C15H22N4. The quantitative estimate of drug-likeness (QED) is 0.901. The molecule has 0 spiro atoms. The van der Waals surface area contributed by atoms with Gasteiger partial charge in [-0.25, -0.2) is 4.98 Å². The average molecular weight is 258 g/mol. The van der Waals surface area contributed by atoms with Crippen molar-refractivity contribution in [1.29, 1.82) is 0 Å². The lowest BCUT2D eigenvalue weighted by atomic mass is 9.86. The molecule has 1 aliphatic carbocycles. The second-order valence-corrected chi connectivity index (χ2v) is 5.91. The maximum atomic E-state index is 6.01. The van der Waals surface area contributed by atoms with Crippen LogP contribution in [0.4, 0.5) is 0 Å². The van der Waals surface area contributed by atoms with E-state index >= 15 is 0 Å². The number of nitrogens with two attached hydrogens (primary N) is 1. The highest BCUT2D eigenvalue weighted by Crippen LogP contribution is 2.34. The first-order valence-electron chi connectivity index (χ1n) is 7.24. The molecule has 2 N–H and O–H groups in total. The molecule has 1 aliphatic rings. The van der Waals surface area contributed by atoms with Crippen LogP contribution in [0, 0.1) is 0 Å². The molecule has 2 heterocycles. The average Bonchev–Trinajstić information content (AvgIpc) is 2.78. The van der Waals surface area contributed by atoms with Crippen molar-refractivity contribution in [2.45, 2.75) is 57.5 Å². The van der Waals surface area contributed by atoms with Crippen LogP contribution in [-0.4, -0.2) is 20.6 Å². The van der Waals surface area contributed by atoms with Crippen molar-refractivity contribution in [3.63, 3.8) is 0 Å². The smallest absolute Gasteiger partial charge is 0.113 e. The van der Waals surface area contributed by atoms with E-state index in [0.717, 1.165) is 31.2 Å². The van der Waals surface area contributed by atoms with Crippen molar-refractivity contribution in [3.8, 4) is 0 Å². The van der Waals surface area contributed by atoms with Crippen LogP contribution in [0.2, 0.25) is 0 Å². The van der Waals surface area contributed by atoms with E-state index in [-0.39, 0.29) is 0 Å². The largest absolute Gasteiger partial charge is 0.328 e. The molecule has 3 rings (SSSR count). The van der Waals surface area contributed by atoms with Gasteiger partial charge in [0.05, 0.1) is 11.7 Å². The summed E-state index contributed by atoms with van der Waals surface area (Å²) in [5.74, 6) is 1.78. The van der Waals surface area contributed by atoms with Gasteiger partial charge in [-0.15, -0.1) is 0 Å². The number of rotatable bonds is 2. The summed E-state index contributed by atoms with van der Waals surface area (Å²) in [6.45, 7) is 4.44. The minimum Gasteiger partial charge on any atom is -0.328 e. The van der Waals surface area contributed by atoms with Crippen LogP contribution in [0.25, 0.3) is 11.0 Å². The summed E-state index contributed by atoms with van der Waals surface area (Å²) in [6, 6.07) is 2.88. The molecule has 2 aromatic rings. The minimum absolute atomic E-state index is 0.384. The maximum Gasteiger partial charge on any atom is 0.113 e. The first-order valence-corrected chi connectivity index (χ1v) is 7.24. The number of imidazole rings is 1. The summed E-state index contributed by atoms with van der Waals surface area (Å²) in [5, 5.41) is 0. The zero-order valence-electron chi connectivity index (χ0n) is 11.7. The lowest BCUT2D eigenvalue weighted by Crippen LogP contribution is -2.27. The molecule has 2 aromatic heterocycles. The van der Waals surface area contributed by atoms with E-state index in [0.29, 0.717) is 18.0 Å². The van der Waals surface area contributed by atoms with Gasteiger partial charge in [0.1, 0.15) is 11.3 Å². The standard InChI is InChI=1S/C15H22N4/c1-10(2)19-14-7-8-17-9-13(14)18-15(19)11-3-5-12(16)6-4-11/h7-12H,3-6,16H2,1-2H3. The molecule has 0 bridgehead atoms. The van der Waals surface area contributed by atoms with Gasteiger partial charge in [-0.1, -0.05) is 0 Å². The Balaban J connectivity index is 2.05. The normalized spacial score (nSPS) is 24.2. The van der Waals surface area contributed by atoms with Gasteiger partial charge in [0.25, 0.3) is 0 Å². The molecule has 19 heavy (non-hydrogen) atoms. The van der Waals surface area contributed by atoms with Crippen LogP contribution in [0.1, 0.15) is 57.3 Å². The summed E-state index contributed by atoms with van der Waals surface area (Å²) in [7, 11) is 0. The zero-order valence-corrected chi connectivity index (χ0v) is 11.7. The van der Waals surface area contributed by atoms with Crippen LogP contribution >= 0.6 is 0 Å². The van der Waals surface area contributed by atoms with Crippen molar-refractivity contribution in [1.82, 2.24) is 14.5 Å². The molecule has 0 saturated heterocycles. The van der Waals surface area contributed by atoms with E-state index in [1.165, 1.54) is 11.3 Å². The third kappa shape index (κ3) is 2.25. The molecule has 4 heteroatoms. The highest BCUT2D eigenvalue weighted by molar-refractivity contribution is 5.75. The summed E-state index contributed by atoms with van der Waals surface area (Å²) in [6.07, 6.45) is 8.26. The maximum absolute atomic E-state index is 6.01. The van der Waals surface area contributed by atoms with Crippen molar-refractivity contribution in [2.75, 3.05) is 0 Å². The molecule has 0 aromatic carbocycles. The van der Waals surface area contributed by atoms with Crippen molar-refractivity contribution < 1.29 is 0 Å². The monoisotopic (exact) mass is 258 g/mol. The molecule has 4 nitrogen and oxygen atoms in total. The Labute approximate surface area is 114 Å². The fourth-order valence-electron chi connectivity index (χ4n) is 3.18. The topological polar surface area (TPSA) is 56.7 Å². The van der Waals surface area contributed by atoms with Crippen molar-refractivity contribution in [3.05, 3.63) is 24.3 Å². The number of hydrogen-bond acceptors (Lipinski definition) is 3. The predicted molar refractivity (Wildman–Crippen MR) is 77.1 cm³/mol. The molecule has 0 radical (unpaired) electrons. The predicted octanol–water partition coefficient (Wildman–Crippen LogP) is 3.00. The number of nitrogens with zero attached hydrogens (tertiary/aromatic N) is 3. The second kappa shape index (κ2) is 4.93. The van der Waals surface area contributed by atoms with Crippen LogP contribution in [0.3, 0.4) is 0 Å². The number of fused-ring (bicyclic) bond motifs is 1. The first kappa shape index (κ1) is 12.6. The minimum atomic E-state index is 0.384. The SMILES string of the molecule is CC(C)n1c(C2CCC(N)CC2)nc2cnccc21. The summed E-state index contributed by atoms with van der Waals surface area (Å²) in [4.78, 5) is 9.03. The lowest BCUT2D eigenvalue weighted by molar-refractivity contribution is 0.372. The number of pyridine rings is 1. The van der Waals surface area contributed by atoms with Crippen LogP contribution in [0.5, 0.6) is 0 Å². The Kier molecular flexibility index (Phi) is 3.27. The molecule has 0 aliphatic heterocycles. The summed E-state index contributed by atoms with van der Waals surface area (Å²) >= 11 is 0. The Morgan fingerprint density at radius 3 is 2.68 bits per heavy atom. The van der Waals surface area contributed by atoms with Gasteiger partial charge in [0, 0.05) is 24.2 Å². The third-order valence-electron chi connectivity index (χ3n) is 4.17. The summed E-state index contributed by atoms with van der Waals surface area (Å²) < 4.78 is 2.37. The Hall–Kier alpha value is -1.42. The van der Waals surface area contributed by atoms with Gasteiger partial charge in [0.2, 0.25) is 0 Å². The van der Waals surface area contributed by atoms with E-state index in [2.05, 4.69) is 29.5 Å². The fraction of sp³-hybridized carbons (Fsp3) is 0.600. The van der Waals surface area contributed by atoms with Gasteiger partial charge >= 0.3 is 0 Å². The van der Waals surface area contributed by atoms with Crippen molar-refractivity contribution >= 4 is 11.0 Å². The Morgan fingerprint density at radius 2 is 2.00 bits per heavy atom. The van der Waals surface area contributed by atoms with E-state index in [4.69, 9.17) is 10.7 Å². The van der Waals surface area contributed by atoms with Gasteiger partial charge in [0.15, 0.2) is 0 Å². The lowest BCUT2D eigenvalue weighted by Gasteiger charge is -2.27. The number of hydrogen-bond donors (Lipinski definition) is 1. The number of aromatic nitrogens is 3. The second-order valence-electron chi connectivity index (χ2n) is 5.91. The highest BCUT2D eigenvalue weighted by atomic mass is 15.1. The van der Waals surface area contributed by atoms with Crippen LogP contribution < -0.4 is 5.73 Å². The van der Waals surface area contributed by atoms with E-state index in [1.807, 2.05) is 12.4 Å². The fourth-order valence-corrected chi connectivity index (χ4v) is 3.18. The molecule has 1 fully saturated rings. The molecule has 0 atom stereocenters. The van der Waals surface area contributed by atoms with E-state index in [1.54, 1.807) is 0 Å². The van der Waals surface area contributed by atoms with Crippen LogP contribution in [0.15, 0.2) is 18.5 Å². The molecule has 0 unspecified atom stereocenters. The highest BCUT2D eigenvalue weighted by Gasteiger charge is 2.25. The Bertz CT molecular complexity index is 565. The molecule has 102 valence electrons. The van der Waals surface area contributed by atoms with E-state index in [9.17, 15) is 0 Å². The molecule has 1 saturated carbocycles. The van der Waals surface area contributed by atoms with Gasteiger partial charge in [-0.05, 0) is 45.6 Å².